The summed E-state index contributed by atoms with van der Waals surface area (Å²) in [6.45, 7) is 1.78. The van der Waals surface area contributed by atoms with Crippen LogP contribution in [0.3, 0.4) is 0 Å². The van der Waals surface area contributed by atoms with Crippen LogP contribution in [0.1, 0.15) is 5.82 Å². The van der Waals surface area contributed by atoms with E-state index in [1.54, 1.807) is 20.1 Å². The van der Waals surface area contributed by atoms with Crippen molar-refractivity contribution in [3.8, 4) is 5.88 Å². The van der Waals surface area contributed by atoms with E-state index < -0.39 is 0 Å². The minimum absolute atomic E-state index is 0.405. The minimum Gasteiger partial charge on any atom is -0.480 e. The van der Waals surface area contributed by atoms with Crippen molar-refractivity contribution in [3.05, 3.63) is 16.4 Å². The molecule has 0 radical (unpaired) electrons. The van der Waals surface area contributed by atoms with Gasteiger partial charge in [-0.1, -0.05) is 0 Å². The predicted molar refractivity (Wildman–Crippen MR) is 60.7 cm³/mol. The first kappa shape index (κ1) is 10.1. The Bertz CT molecular complexity index is 529. The molecular formula is C9H9BrN4O. The summed E-state index contributed by atoms with van der Waals surface area (Å²) in [4.78, 5) is 12.5. The quantitative estimate of drug-likeness (QED) is 0.852. The molecule has 6 heteroatoms. The normalized spacial score (nSPS) is 10.6. The van der Waals surface area contributed by atoms with Crippen molar-refractivity contribution in [2.45, 2.75) is 6.92 Å². The van der Waals surface area contributed by atoms with Crippen molar-refractivity contribution in [1.29, 1.82) is 0 Å². The number of pyridine rings is 1. The summed E-state index contributed by atoms with van der Waals surface area (Å²) in [7, 11) is 1.56. The molecule has 2 N–H and O–H groups in total. The third-order valence-corrected chi connectivity index (χ3v) is 2.57. The van der Waals surface area contributed by atoms with Gasteiger partial charge in [0.15, 0.2) is 5.65 Å². The number of hydrogen-bond donors (Lipinski definition) is 1. The van der Waals surface area contributed by atoms with E-state index in [2.05, 4.69) is 30.9 Å². The average molecular weight is 269 g/mol. The van der Waals surface area contributed by atoms with Crippen molar-refractivity contribution >= 4 is 32.8 Å². The largest absolute Gasteiger partial charge is 0.480 e. The van der Waals surface area contributed by atoms with E-state index in [4.69, 9.17) is 10.5 Å². The Morgan fingerprint density at radius 3 is 2.73 bits per heavy atom. The Morgan fingerprint density at radius 2 is 2.07 bits per heavy atom. The molecule has 0 aromatic carbocycles. The molecule has 0 atom stereocenters. The minimum atomic E-state index is 0.405. The Labute approximate surface area is 94.8 Å². The number of halogens is 1. The fourth-order valence-corrected chi connectivity index (χ4v) is 1.59. The molecule has 78 valence electrons. The Morgan fingerprint density at radius 1 is 1.33 bits per heavy atom. The lowest BCUT2D eigenvalue weighted by Gasteiger charge is -2.06. The van der Waals surface area contributed by atoms with Gasteiger partial charge in [-0.05, 0) is 28.9 Å². The second kappa shape index (κ2) is 3.62. The van der Waals surface area contributed by atoms with Gasteiger partial charge in [-0.3, -0.25) is 0 Å². The number of nitrogens with two attached hydrogens (primary N) is 1. The van der Waals surface area contributed by atoms with E-state index in [0.717, 1.165) is 5.39 Å². The third kappa shape index (κ3) is 1.72. The molecule has 2 rings (SSSR count). The van der Waals surface area contributed by atoms with Gasteiger partial charge < -0.3 is 10.5 Å². The molecule has 0 fully saturated rings. The van der Waals surface area contributed by atoms with Crippen LogP contribution in [0, 0.1) is 6.92 Å². The van der Waals surface area contributed by atoms with Crippen molar-refractivity contribution in [3.63, 3.8) is 0 Å². The van der Waals surface area contributed by atoms with Crippen LogP contribution in [0.4, 0.5) is 5.82 Å². The molecule has 0 saturated heterocycles. The van der Waals surface area contributed by atoms with Gasteiger partial charge in [0.2, 0.25) is 5.88 Å². The van der Waals surface area contributed by atoms with Crippen LogP contribution in [0.5, 0.6) is 5.88 Å². The smallest absolute Gasteiger partial charge is 0.226 e. The highest BCUT2D eigenvalue weighted by atomic mass is 79.9. The molecule has 0 bridgehead atoms. The summed E-state index contributed by atoms with van der Waals surface area (Å²) in [5.41, 5.74) is 6.21. The number of methoxy groups -OCH3 is 1. The van der Waals surface area contributed by atoms with E-state index in [9.17, 15) is 0 Å². The molecule has 0 aliphatic rings. The lowest BCUT2D eigenvalue weighted by molar-refractivity contribution is 0.401. The molecule has 0 unspecified atom stereocenters. The molecular weight excluding hydrogens is 260 g/mol. The highest BCUT2D eigenvalue weighted by Crippen LogP contribution is 2.27. The first-order valence-corrected chi connectivity index (χ1v) is 5.05. The van der Waals surface area contributed by atoms with E-state index >= 15 is 0 Å². The summed E-state index contributed by atoms with van der Waals surface area (Å²) < 4.78 is 5.86. The third-order valence-electron chi connectivity index (χ3n) is 1.94. The monoisotopic (exact) mass is 268 g/mol. The summed E-state index contributed by atoms with van der Waals surface area (Å²) in [5.74, 6) is 1.52. The van der Waals surface area contributed by atoms with E-state index in [1.807, 2.05) is 0 Å². The van der Waals surface area contributed by atoms with Crippen LogP contribution in [-0.4, -0.2) is 22.1 Å². The number of aryl methyl sites for hydroxylation is 1. The maximum absolute atomic E-state index is 5.67. The van der Waals surface area contributed by atoms with E-state index in [0.29, 0.717) is 27.6 Å². The Balaban J connectivity index is 2.84. The highest BCUT2D eigenvalue weighted by molar-refractivity contribution is 9.10. The molecule has 0 spiro atoms. The number of rotatable bonds is 1. The maximum atomic E-state index is 5.67. The number of nitrogen functional groups attached to an aromatic ring is 1. The van der Waals surface area contributed by atoms with Gasteiger partial charge in [-0.2, -0.15) is 4.98 Å². The van der Waals surface area contributed by atoms with Gasteiger partial charge in [0.05, 0.1) is 17.0 Å². The summed E-state index contributed by atoms with van der Waals surface area (Å²) in [6, 6.07) is 1.80. The molecule has 0 saturated carbocycles. The Hall–Kier alpha value is -1.43. The van der Waals surface area contributed by atoms with Crippen molar-refractivity contribution < 1.29 is 4.74 Å². The van der Waals surface area contributed by atoms with Crippen LogP contribution in [0.25, 0.3) is 11.0 Å². The van der Waals surface area contributed by atoms with Crippen LogP contribution >= 0.6 is 15.9 Å². The summed E-state index contributed by atoms with van der Waals surface area (Å²) in [6.07, 6.45) is 0. The molecule has 2 aromatic heterocycles. The SMILES string of the molecule is COc1nc(C)nc2nc(N)c(Br)cc12. The maximum Gasteiger partial charge on any atom is 0.226 e. The topological polar surface area (TPSA) is 73.9 Å². The van der Waals surface area contributed by atoms with Gasteiger partial charge in [-0.15, -0.1) is 0 Å². The number of anilines is 1. The van der Waals surface area contributed by atoms with Gasteiger partial charge in [0, 0.05) is 0 Å². The molecule has 5 nitrogen and oxygen atoms in total. The van der Waals surface area contributed by atoms with Crippen molar-refractivity contribution in [2.75, 3.05) is 12.8 Å². The standard InChI is InChI=1S/C9H9BrN4O/c1-4-12-8-5(9(13-4)15-2)3-6(10)7(11)14-8/h3H,1-2H3,(H2,11,12,13,14). The van der Waals surface area contributed by atoms with Crippen LogP contribution in [0.15, 0.2) is 10.5 Å². The number of nitrogens with zero attached hydrogens (tertiary/aromatic N) is 3. The average Bonchev–Trinajstić information content (AvgIpc) is 2.19. The molecule has 2 aromatic rings. The van der Waals surface area contributed by atoms with Crippen LogP contribution in [-0.2, 0) is 0 Å². The van der Waals surface area contributed by atoms with Gasteiger partial charge in [0.1, 0.15) is 11.6 Å². The van der Waals surface area contributed by atoms with Gasteiger partial charge in [0.25, 0.3) is 0 Å². The zero-order chi connectivity index (χ0) is 11.0. The predicted octanol–water partition coefficient (Wildman–Crippen LogP) is 1.69. The van der Waals surface area contributed by atoms with E-state index in [-0.39, 0.29) is 0 Å². The van der Waals surface area contributed by atoms with Gasteiger partial charge >= 0.3 is 0 Å². The molecule has 0 aliphatic carbocycles. The fraction of sp³-hybridized carbons (Fsp3) is 0.222. The Kier molecular flexibility index (Phi) is 2.44. The first-order valence-electron chi connectivity index (χ1n) is 4.26. The van der Waals surface area contributed by atoms with Crippen molar-refractivity contribution in [1.82, 2.24) is 15.0 Å². The van der Waals surface area contributed by atoms with Crippen LogP contribution < -0.4 is 10.5 Å². The summed E-state index contributed by atoms with van der Waals surface area (Å²) in [5, 5.41) is 0.740. The van der Waals surface area contributed by atoms with Crippen LogP contribution in [0.2, 0.25) is 0 Å². The second-order valence-electron chi connectivity index (χ2n) is 3.01. The van der Waals surface area contributed by atoms with E-state index in [1.165, 1.54) is 0 Å². The molecule has 15 heavy (non-hydrogen) atoms. The number of fused-ring (bicyclic) bond motifs is 1. The second-order valence-corrected chi connectivity index (χ2v) is 3.86. The molecule has 2 heterocycles. The highest BCUT2D eigenvalue weighted by Gasteiger charge is 2.09. The lowest BCUT2D eigenvalue weighted by Crippen LogP contribution is -1.99. The number of ether oxygens (including phenoxy) is 1. The fourth-order valence-electron chi connectivity index (χ4n) is 1.28. The number of hydrogen-bond acceptors (Lipinski definition) is 5. The molecule has 0 amide bonds. The summed E-state index contributed by atoms with van der Waals surface area (Å²) >= 11 is 3.30. The first-order chi connectivity index (χ1) is 7.11. The zero-order valence-corrected chi connectivity index (χ0v) is 9.87. The molecule has 0 aliphatic heterocycles. The van der Waals surface area contributed by atoms with Gasteiger partial charge in [-0.25, -0.2) is 9.97 Å². The van der Waals surface area contributed by atoms with Crippen molar-refractivity contribution in [2.24, 2.45) is 0 Å². The zero-order valence-electron chi connectivity index (χ0n) is 8.28. The lowest BCUT2D eigenvalue weighted by atomic mass is 10.3. The number of aromatic nitrogens is 3.